The highest BCUT2D eigenvalue weighted by Crippen LogP contribution is 2.27. The van der Waals surface area contributed by atoms with Gasteiger partial charge in [-0.1, -0.05) is 30.4 Å². The molecular weight excluding hydrogens is 230 g/mol. The molecule has 0 saturated carbocycles. The first-order valence-corrected chi connectivity index (χ1v) is 6.13. The van der Waals surface area contributed by atoms with Crippen molar-refractivity contribution in [3.8, 4) is 0 Å². The van der Waals surface area contributed by atoms with Crippen molar-refractivity contribution < 1.29 is 14.3 Å². The largest absolute Gasteiger partial charge is 0.479 e. The van der Waals surface area contributed by atoms with Crippen molar-refractivity contribution >= 4 is 6.09 Å². The fourth-order valence-electron chi connectivity index (χ4n) is 1.98. The summed E-state index contributed by atoms with van der Waals surface area (Å²) in [6.45, 7) is 4.54. The van der Waals surface area contributed by atoms with E-state index in [1.165, 1.54) is 0 Å². The molecule has 1 atom stereocenters. The number of carbonyl (C=O) groups is 1. The molecular formula is C14H17NO3. The quantitative estimate of drug-likeness (QED) is 0.769. The van der Waals surface area contributed by atoms with Crippen molar-refractivity contribution in [2.45, 2.75) is 19.9 Å². The van der Waals surface area contributed by atoms with Gasteiger partial charge in [-0.3, -0.25) is 0 Å². The predicted octanol–water partition coefficient (Wildman–Crippen LogP) is 2.76. The molecule has 4 nitrogen and oxygen atoms in total. The van der Waals surface area contributed by atoms with Gasteiger partial charge in [0.25, 0.3) is 0 Å². The van der Waals surface area contributed by atoms with E-state index in [0.717, 1.165) is 5.57 Å². The van der Waals surface area contributed by atoms with E-state index >= 15 is 0 Å². The van der Waals surface area contributed by atoms with Gasteiger partial charge >= 0.3 is 6.09 Å². The lowest BCUT2D eigenvalue weighted by Gasteiger charge is -2.34. The minimum atomic E-state index is -0.382. The van der Waals surface area contributed by atoms with Crippen LogP contribution in [0, 0.1) is 0 Å². The Morgan fingerprint density at radius 2 is 2.11 bits per heavy atom. The summed E-state index contributed by atoms with van der Waals surface area (Å²) in [5.41, 5.74) is 1.05. The summed E-state index contributed by atoms with van der Waals surface area (Å²) in [5, 5.41) is 0. The first-order chi connectivity index (χ1) is 8.77. The van der Waals surface area contributed by atoms with E-state index in [2.05, 4.69) is 0 Å². The molecule has 1 amide bonds. The zero-order valence-corrected chi connectivity index (χ0v) is 10.6. The zero-order valence-electron chi connectivity index (χ0n) is 10.6. The zero-order chi connectivity index (χ0) is 13.0. The van der Waals surface area contributed by atoms with Gasteiger partial charge in [-0.2, -0.15) is 0 Å². The standard InChI is InChI=1S/C14H17NO3/c1-3-17-13-10-9-11-7-5-6-8-12(11)15(13)14(16)18-4-2/h5-10,12H,3-4H2,1-2H3. The van der Waals surface area contributed by atoms with Gasteiger partial charge in [0.1, 0.15) is 0 Å². The van der Waals surface area contributed by atoms with Gasteiger partial charge < -0.3 is 9.47 Å². The number of hydrogen-bond donors (Lipinski definition) is 0. The SMILES string of the molecule is CCOC(=O)N1C(OCC)=CC=C2C=CC=CC21. The smallest absolute Gasteiger partial charge is 0.417 e. The Morgan fingerprint density at radius 3 is 2.83 bits per heavy atom. The third-order valence-corrected chi connectivity index (χ3v) is 2.73. The van der Waals surface area contributed by atoms with E-state index in [-0.39, 0.29) is 12.1 Å². The molecule has 0 radical (unpaired) electrons. The number of allylic oxidation sites excluding steroid dienone is 4. The summed E-state index contributed by atoms with van der Waals surface area (Å²) in [4.78, 5) is 13.6. The van der Waals surface area contributed by atoms with Crippen LogP contribution in [-0.4, -0.2) is 30.2 Å². The molecule has 1 aliphatic carbocycles. The Labute approximate surface area is 107 Å². The summed E-state index contributed by atoms with van der Waals surface area (Å²) in [7, 11) is 0. The Bertz CT molecular complexity index is 446. The topological polar surface area (TPSA) is 38.8 Å². The van der Waals surface area contributed by atoms with E-state index < -0.39 is 0 Å². The molecule has 0 bridgehead atoms. The minimum Gasteiger partial charge on any atom is -0.479 e. The maximum atomic E-state index is 12.0. The number of amides is 1. The molecule has 4 heteroatoms. The lowest BCUT2D eigenvalue weighted by atomic mass is 9.98. The van der Waals surface area contributed by atoms with E-state index in [0.29, 0.717) is 19.1 Å². The normalized spacial score (nSPS) is 21.0. The number of nitrogens with zero attached hydrogens (tertiary/aromatic N) is 1. The second kappa shape index (κ2) is 5.58. The molecule has 0 aromatic carbocycles. The van der Waals surface area contributed by atoms with Crippen molar-refractivity contribution in [1.82, 2.24) is 4.90 Å². The van der Waals surface area contributed by atoms with Crippen LogP contribution in [-0.2, 0) is 9.47 Å². The average molecular weight is 247 g/mol. The van der Waals surface area contributed by atoms with Gasteiger partial charge in [-0.15, -0.1) is 0 Å². The van der Waals surface area contributed by atoms with Crippen LogP contribution in [0.25, 0.3) is 0 Å². The molecule has 0 N–H and O–H groups in total. The Hall–Kier alpha value is -1.97. The fourth-order valence-corrected chi connectivity index (χ4v) is 1.98. The first kappa shape index (κ1) is 12.5. The minimum absolute atomic E-state index is 0.138. The monoisotopic (exact) mass is 247 g/mol. The van der Waals surface area contributed by atoms with E-state index in [9.17, 15) is 4.79 Å². The number of carbonyl (C=O) groups excluding carboxylic acids is 1. The van der Waals surface area contributed by atoms with Crippen molar-refractivity contribution in [1.29, 1.82) is 0 Å². The molecule has 0 spiro atoms. The molecule has 2 aliphatic rings. The van der Waals surface area contributed by atoms with Crippen LogP contribution in [0.4, 0.5) is 4.79 Å². The van der Waals surface area contributed by atoms with Crippen LogP contribution >= 0.6 is 0 Å². The molecule has 0 saturated heterocycles. The summed E-state index contributed by atoms with van der Waals surface area (Å²) in [6, 6.07) is -0.138. The summed E-state index contributed by atoms with van der Waals surface area (Å²) in [5.74, 6) is 0.532. The highest BCUT2D eigenvalue weighted by molar-refractivity contribution is 5.72. The molecule has 1 unspecified atom stereocenters. The van der Waals surface area contributed by atoms with Crippen LogP contribution in [0.5, 0.6) is 0 Å². The summed E-state index contributed by atoms with van der Waals surface area (Å²) in [6.07, 6.45) is 11.2. The Morgan fingerprint density at radius 1 is 1.28 bits per heavy atom. The van der Waals surface area contributed by atoms with Crippen LogP contribution in [0.3, 0.4) is 0 Å². The van der Waals surface area contributed by atoms with Crippen molar-refractivity contribution in [3.63, 3.8) is 0 Å². The van der Waals surface area contributed by atoms with Crippen LogP contribution in [0.15, 0.2) is 47.9 Å². The first-order valence-electron chi connectivity index (χ1n) is 6.13. The fraction of sp³-hybridized carbons (Fsp3) is 0.357. The highest BCUT2D eigenvalue weighted by atomic mass is 16.6. The Kier molecular flexibility index (Phi) is 3.87. The second-order valence-corrected chi connectivity index (χ2v) is 3.86. The summed E-state index contributed by atoms with van der Waals surface area (Å²) >= 11 is 0. The van der Waals surface area contributed by atoms with Gasteiger partial charge in [-0.25, -0.2) is 9.69 Å². The van der Waals surface area contributed by atoms with Crippen molar-refractivity contribution in [2.24, 2.45) is 0 Å². The van der Waals surface area contributed by atoms with Crippen molar-refractivity contribution in [3.05, 3.63) is 47.9 Å². The second-order valence-electron chi connectivity index (χ2n) is 3.86. The Balaban J connectivity index is 2.30. The predicted molar refractivity (Wildman–Crippen MR) is 68.7 cm³/mol. The van der Waals surface area contributed by atoms with Gasteiger partial charge in [0.15, 0.2) is 5.88 Å². The van der Waals surface area contributed by atoms with Crippen LogP contribution in [0.1, 0.15) is 13.8 Å². The van der Waals surface area contributed by atoms with Crippen LogP contribution in [0.2, 0.25) is 0 Å². The maximum absolute atomic E-state index is 12.0. The molecule has 18 heavy (non-hydrogen) atoms. The van der Waals surface area contributed by atoms with E-state index in [4.69, 9.17) is 9.47 Å². The van der Waals surface area contributed by atoms with Gasteiger partial charge in [-0.05, 0) is 25.5 Å². The summed E-state index contributed by atoms with van der Waals surface area (Å²) < 4.78 is 10.6. The van der Waals surface area contributed by atoms with Gasteiger partial charge in [0, 0.05) is 0 Å². The number of ether oxygens (including phenoxy) is 2. The van der Waals surface area contributed by atoms with Gasteiger partial charge in [0.2, 0.25) is 0 Å². The third kappa shape index (κ3) is 2.32. The van der Waals surface area contributed by atoms with E-state index in [1.54, 1.807) is 17.9 Å². The highest BCUT2D eigenvalue weighted by Gasteiger charge is 2.32. The number of hydrogen-bond acceptors (Lipinski definition) is 3. The molecule has 2 rings (SSSR count). The molecule has 1 heterocycles. The lowest BCUT2D eigenvalue weighted by Crippen LogP contribution is -2.42. The number of fused-ring (bicyclic) bond motifs is 1. The molecule has 0 aromatic heterocycles. The maximum Gasteiger partial charge on any atom is 0.417 e. The molecule has 0 aromatic rings. The van der Waals surface area contributed by atoms with Crippen LogP contribution < -0.4 is 0 Å². The van der Waals surface area contributed by atoms with E-state index in [1.807, 2.05) is 37.3 Å². The van der Waals surface area contributed by atoms with Gasteiger partial charge in [0.05, 0.1) is 19.3 Å². The van der Waals surface area contributed by atoms with Crippen molar-refractivity contribution in [2.75, 3.05) is 13.2 Å². The lowest BCUT2D eigenvalue weighted by molar-refractivity contribution is 0.0719. The number of rotatable bonds is 3. The molecule has 0 fully saturated rings. The molecule has 1 aliphatic heterocycles. The average Bonchev–Trinajstić information content (AvgIpc) is 2.39. The third-order valence-electron chi connectivity index (χ3n) is 2.73. The molecule has 96 valence electrons.